The molecule has 4 rings (SSSR count). The SMILES string of the molecule is CCOC(=O)N1c2ccc(OC)nc2[C@@H](N(Cc2cc(C(F)(F)F)cc(C(F)(F)F)c2)c2ncc(OC(C)(C)C(=O)O)cn2)C[C@H]1CC. The number of hydrogen-bond donors (Lipinski definition) is 1. The molecule has 0 aliphatic carbocycles. The number of carbonyl (C=O) groups is 2. The first-order valence-corrected chi connectivity index (χ1v) is 14.7. The van der Waals surface area contributed by atoms with E-state index in [1.54, 1.807) is 19.9 Å². The smallest absolute Gasteiger partial charge is 0.416 e. The van der Waals surface area contributed by atoms with Crippen LogP contribution in [0.4, 0.5) is 42.8 Å². The van der Waals surface area contributed by atoms with E-state index in [2.05, 4.69) is 15.0 Å². The molecule has 11 nitrogen and oxygen atoms in total. The van der Waals surface area contributed by atoms with E-state index in [0.717, 1.165) is 12.4 Å². The Hall–Kier alpha value is -4.83. The van der Waals surface area contributed by atoms with Gasteiger partial charge in [-0.25, -0.2) is 24.5 Å². The molecule has 1 N–H and O–H groups in total. The summed E-state index contributed by atoms with van der Waals surface area (Å²) >= 11 is 0. The number of aliphatic carboxylic acids is 1. The van der Waals surface area contributed by atoms with E-state index in [1.165, 1.54) is 36.8 Å². The summed E-state index contributed by atoms with van der Waals surface area (Å²) in [7, 11) is 1.35. The van der Waals surface area contributed by atoms with Gasteiger partial charge in [-0.3, -0.25) is 4.90 Å². The number of rotatable bonds is 10. The Balaban J connectivity index is 1.92. The lowest BCUT2D eigenvalue weighted by atomic mass is 9.92. The lowest BCUT2D eigenvalue weighted by Gasteiger charge is -2.43. The van der Waals surface area contributed by atoms with Crippen LogP contribution >= 0.6 is 0 Å². The molecule has 17 heteroatoms. The predicted octanol–water partition coefficient (Wildman–Crippen LogP) is 7.05. The summed E-state index contributed by atoms with van der Waals surface area (Å²) in [6.45, 7) is 5.52. The largest absolute Gasteiger partial charge is 0.481 e. The van der Waals surface area contributed by atoms with Crippen LogP contribution in [0, 0.1) is 0 Å². The molecule has 0 bridgehead atoms. The third-order valence-electron chi connectivity index (χ3n) is 7.59. The minimum atomic E-state index is -5.09. The van der Waals surface area contributed by atoms with Crippen LogP contribution < -0.4 is 19.3 Å². The molecule has 0 spiro atoms. The highest BCUT2D eigenvalue weighted by Crippen LogP contribution is 2.44. The molecule has 2 aromatic heterocycles. The lowest BCUT2D eigenvalue weighted by molar-refractivity contribution is -0.152. The number of halogens is 6. The van der Waals surface area contributed by atoms with E-state index >= 15 is 0 Å². The second-order valence-corrected chi connectivity index (χ2v) is 11.3. The zero-order chi connectivity index (χ0) is 35.6. The van der Waals surface area contributed by atoms with Gasteiger partial charge >= 0.3 is 24.4 Å². The standard InChI is InChI=1S/C31H33F6N5O6/c1-6-20-13-23(25-22(8-9-24(40-25)46-5)42(20)28(45)47-7-2)41(27-38-14-21(15-39-27)48-29(3,4)26(43)44)16-17-10-18(30(32,33)34)12-19(11-17)31(35,36)37/h8-12,14-15,20,23H,6-7,13,16H2,1-5H3,(H,43,44)/t20-,23+/m1/s1. The maximum absolute atomic E-state index is 13.8. The molecule has 1 amide bonds. The Bertz CT molecular complexity index is 1600. The molecular weight excluding hydrogens is 652 g/mol. The molecule has 3 aromatic rings. The number of nitrogens with zero attached hydrogens (tertiary/aromatic N) is 5. The third-order valence-corrected chi connectivity index (χ3v) is 7.59. The van der Waals surface area contributed by atoms with Crippen LogP contribution in [0.15, 0.2) is 42.7 Å². The van der Waals surface area contributed by atoms with E-state index in [4.69, 9.17) is 14.2 Å². The van der Waals surface area contributed by atoms with Crippen molar-refractivity contribution in [2.75, 3.05) is 23.5 Å². The lowest BCUT2D eigenvalue weighted by Crippen LogP contribution is -2.48. The zero-order valence-corrected chi connectivity index (χ0v) is 26.5. The number of aromatic nitrogens is 3. The number of ether oxygens (including phenoxy) is 3. The molecule has 1 aliphatic heterocycles. The Morgan fingerprint density at radius 1 is 1.00 bits per heavy atom. The van der Waals surface area contributed by atoms with Crippen molar-refractivity contribution in [3.05, 3.63) is 65.1 Å². The average molecular weight is 686 g/mol. The molecule has 0 saturated carbocycles. The molecule has 0 radical (unpaired) electrons. The minimum Gasteiger partial charge on any atom is -0.481 e. The fourth-order valence-corrected chi connectivity index (χ4v) is 5.22. The molecule has 0 saturated heterocycles. The van der Waals surface area contributed by atoms with Crippen LogP contribution in [-0.4, -0.2) is 57.5 Å². The molecule has 0 unspecified atom stereocenters. The van der Waals surface area contributed by atoms with Crippen LogP contribution in [0.5, 0.6) is 11.6 Å². The van der Waals surface area contributed by atoms with Crippen molar-refractivity contribution in [3.8, 4) is 11.6 Å². The van der Waals surface area contributed by atoms with Crippen LogP contribution in [-0.2, 0) is 28.4 Å². The Kier molecular flexibility index (Phi) is 10.3. The van der Waals surface area contributed by atoms with Crippen molar-refractivity contribution in [2.24, 2.45) is 0 Å². The van der Waals surface area contributed by atoms with Gasteiger partial charge < -0.3 is 24.2 Å². The summed E-state index contributed by atoms with van der Waals surface area (Å²) in [5.74, 6) is -1.37. The summed E-state index contributed by atoms with van der Waals surface area (Å²) in [5.41, 5.74) is -4.56. The van der Waals surface area contributed by atoms with Crippen LogP contribution in [0.25, 0.3) is 0 Å². The Morgan fingerprint density at radius 2 is 1.60 bits per heavy atom. The summed E-state index contributed by atoms with van der Waals surface area (Å²) in [6, 6.07) is 2.85. The van der Waals surface area contributed by atoms with Crippen molar-refractivity contribution >= 4 is 23.7 Å². The van der Waals surface area contributed by atoms with Gasteiger partial charge in [-0.2, -0.15) is 26.3 Å². The van der Waals surface area contributed by atoms with Crippen molar-refractivity contribution < 1.29 is 55.2 Å². The van der Waals surface area contributed by atoms with E-state index in [9.17, 15) is 41.0 Å². The number of hydrogen-bond acceptors (Lipinski definition) is 9. The molecular formula is C31H33F6N5O6. The summed E-state index contributed by atoms with van der Waals surface area (Å²) in [6.07, 6.45) is -8.11. The highest BCUT2D eigenvalue weighted by atomic mass is 19.4. The van der Waals surface area contributed by atoms with Crippen molar-refractivity contribution in [2.45, 2.75) is 77.1 Å². The number of carboxylic acid groups (broad SMARTS) is 1. The van der Waals surface area contributed by atoms with Gasteiger partial charge in [0.2, 0.25) is 11.8 Å². The Labute approximate surface area is 271 Å². The number of benzene rings is 1. The van der Waals surface area contributed by atoms with Gasteiger partial charge in [-0.1, -0.05) is 6.92 Å². The number of alkyl halides is 6. The van der Waals surface area contributed by atoms with E-state index in [0.29, 0.717) is 18.6 Å². The van der Waals surface area contributed by atoms with E-state index < -0.39 is 59.8 Å². The van der Waals surface area contributed by atoms with Gasteiger partial charge in [0.15, 0.2) is 11.4 Å². The molecule has 1 aliphatic rings. The highest BCUT2D eigenvalue weighted by molar-refractivity contribution is 5.90. The topological polar surface area (TPSA) is 127 Å². The second kappa shape index (κ2) is 13.7. The summed E-state index contributed by atoms with van der Waals surface area (Å²) in [4.78, 5) is 40.5. The minimum absolute atomic E-state index is 0.0351. The number of amides is 1. The molecule has 3 heterocycles. The van der Waals surface area contributed by atoms with Crippen molar-refractivity contribution in [1.82, 2.24) is 15.0 Å². The molecule has 1 aromatic carbocycles. The predicted molar refractivity (Wildman–Crippen MR) is 159 cm³/mol. The van der Waals surface area contributed by atoms with Gasteiger partial charge in [0, 0.05) is 18.7 Å². The number of carboxylic acids is 1. The Morgan fingerprint density at radius 3 is 2.10 bits per heavy atom. The first-order chi connectivity index (χ1) is 22.4. The number of pyridine rings is 1. The fourth-order valence-electron chi connectivity index (χ4n) is 5.22. The van der Waals surface area contributed by atoms with Crippen LogP contribution in [0.2, 0.25) is 0 Å². The maximum atomic E-state index is 13.8. The molecule has 2 atom stereocenters. The first kappa shape index (κ1) is 36.0. The molecule has 0 fully saturated rings. The normalized spacial score (nSPS) is 16.6. The molecule has 260 valence electrons. The quantitative estimate of drug-likeness (QED) is 0.222. The zero-order valence-electron chi connectivity index (χ0n) is 26.5. The highest BCUT2D eigenvalue weighted by Gasteiger charge is 2.42. The van der Waals surface area contributed by atoms with E-state index in [-0.39, 0.29) is 53.6 Å². The molecule has 48 heavy (non-hydrogen) atoms. The number of fused-ring (bicyclic) bond motifs is 1. The van der Waals surface area contributed by atoms with Crippen molar-refractivity contribution in [1.29, 1.82) is 0 Å². The van der Waals surface area contributed by atoms with Gasteiger partial charge in [0.1, 0.15) is 0 Å². The van der Waals surface area contributed by atoms with Crippen LogP contribution in [0.3, 0.4) is 0 Å². The number of carbonyl (C=O) groups excluding carboxylic acids is 1. The van der Waals surface area contributed by atoms with Gasteiger partial charge in [0.25, 0.3) is 0 Å². The monoisotopic (exact) mass is 685 g/mol. The van der Waals surface area contributed by atoms with Gasteiger partial charge in [-0.15, -0.1) is 0 Å². The third kappa shape index (κ3) is 7.82. The summed E-state index contributed by atoms with van der Waals surface area (Å²) in [5, 5.41) is 9.43. The second-order valence-electron chi connectivity index (χ2n) is 11.3. The van der Waals surface area contributed by atoms with Gasteiger partial charge in [-0.05, 0) is 63.4 Å². The first-order valence-electron chi connectivity index (χ1n) is 14.7. The number of methoxy groups -OCH3 is 1. The fraction of sp³-hybridized carbons (Fsp3) is 0.452. The number of anilines is 2. The van der Waals surface area contributed by atoms with Crippen LogP contribution in [0.1, 0.15) is 69.0 Å². The van der Waals surface area contributed by atoms with Crippen molar-refractivity contribution in [3.63, 3.8) is 0 Å². The summed E-state index contributed by atoms with van der Waals surface area (Å²) < 4.78 is 98.9. The van der Waals surface area contributed by atoms with Gasteiger partial charge in [0.05, 0.1) is 54.7 Å². The maximum Gasteiger partial charge on any atom is 0.416 e. The average Bonchev–Trinajstić information content (AvgIpc) is 3.02. The van der Waals surface area contributed by atoms with E-state index in [1.807, 2.05) is 0 Å².